The van der Waals surface area contributed by atoms with Crippen LogP contribution in [0.3, 0.4) is 0 Å². The van der Waals surface area contributed by atoms with Crippen molar-refractivity contribution in [1.29, 1.82) is 0 Å². The van der Waals surface area contributed by atoms with Crippen LogP contribution < -0.4 is 10.7 Å². The van der Waals surface area contributed by atoms with E-state index >= 15 is 0 Å². The molecular weight excluding hydrogens is 222 g/mol. The number of carbonyl (C=O) groups is 2. The van der Waals surface area contributed by atoms with Gasteiger partial charge in [-0.1, -0.05) is 13.8 Å². The number of aliphatic carboxylic acids is 1. The molecule has 0 aliphatic carbocycles. The third-order valence-corrected chi connectivity index (χ3v) is 2.14. The highest BCUT2D eigenvalue weighted by Crippen LogP contribution is 2.14. The third-order valence-electron chi connectivity index (χ3n) is 2.14. The molecule has 0 aliphatic heterocycles. The average Bonchev–Trinajstić information content (AvgIpc) is 2.11. The minimum Gasteiger partial charge on any atom is -0.481 e. The fourth-order valence-corrected chi connectivity index (χ4v) is 1.63. The van der Waals surface area contributed by atoms with Gasteiger partial charge in [0.15, 0.2) is 0 Å². The summed E-state index contributed by atoms with van der Waals surface area (Å²) in [5.41, 5.74) is 2.54. The van der Waals surface area contributed by atoms with Crippen LogP contribution in [0.2, 0.25) is 0 Å². The second kappa shape index (κ2) is 7.89. The number of hydrogen-bond acceptors (Lipinski definition) is 3. The van der Waals surface area contributed by atoms with E-state index in [1.165, 1.54) is 5.01 Å². The van der Waals surface area contributed by atoms with Crippen molar-refractivity contribution in [3.63, 3.8) is 0 Å². The minimum atomic E-state index is -0.828. The monoisotopic (exact) mass is 245 g/mol. The number of carboxylic acids is 1. The van der Waals surface area contributed by atoms with E-state index in [0.29, 0.717) is 12.5 Å². The van der Waals surface area contributed by atoms with Crippen LogP contribution in [0.25, 0.3) is 0 Å². The molecule has 2 amide bonds. The standard InChI is InChI=1S/C11H23N3O3/c1-8(2)5-9(6-10(15)16)7-12-11(17)13-14(3)4/h8-9H,5-7H2,1-4H3,(H,15,16)(H2,12,13,17). The molecule has 6 nitrogen and oxygen atoms in total. The van der Waals surface area contributed by atoms with Gasteiger partial charge >= 0.3 is 12.0 Å². The highest BCUT2D eigenvalue weighted by molar-refractivity contribution is 5.73. The van der Waals surface area contributed by atoms with Gasteiger partial charge in [-0.2, -0.15) is 0 Å². The maximum absolute atomic E-state index is 11.3. The van der Waals surface area contributed by atoms with Crippen molar-refractivity contribution in [2.75, 3.05) is 20.6 Å². The Bertz CT molecular complexity index is 254. The van der Waals surface area contributed by atoms with Crippen LogP contribution >= 0.6 is 0 Å². The zero-order valence-electron chi connectivity index (χ0n) is 11.0. The number of carbonyl (C=O) groups excluding carboxylic acids is 1. The smallest absolute Gasteiger partial charge is 0.329 e. The van der Waals surface area contributed by atoms with Crippen LogP contribution in [-0.2, 0) is 4.79 Å². The lowest BCUT2D eigenvalue weighted by atomic mass is 9.94. The van der Waals surface area contributed by atoms with E-state index in [1.807, 2.05) is 13.8 Å². The van der Waals surface area contributed by atoms with Gasteiger partial charge in [0.05, 0.1) is 0 Å². The Hall–Kier alpha value is -1.30. The molecule has 6 heteroatoms. The summed E-state index contributed by atoms with van der Waals surface area (Å²) >= 11 is 0. The first-order chi connectivity index (χ1) is 7.81. The predicted octanol–water partition coefficient (Wildman–Crippen LogP) is 0.899. The molecule has 0 heterocycles. The lowest BCUT2D eigenvalue weighted by molar-refractivity contribution is -0.138. The van der Waals surface area contributed by atoms with E-state index in [9.17, 15) is 9.59 Å². The Kier molecular flexibility index (Phi) is 7.29. The highest BCUT2D eigenvalue weighted by atomic mass is 16.4. The quantitative estimate of drug-likeness (QED) is 0.582. The summed E-state index contributed by atoms with van der Waals surface area (Å²) in [6.07, 6.45) is 0.870. The summed E-state index contributed by atoms with van der Waals surface area (Å²) in [6, 6.07) is -0.311. The Morgan fingerprint density at radius 1 is 1.29 bits per heavy atom. The fourth-order valence-electron chi connectivity index (χ4n) is 1.63. The largest absolute Gasteiger partial charge is 0.481 e. The van der Waals surface area contributed by atoms with E-state index in [1.54, 1.807) is 14.1 Å². The molecule has 1 unspecified atom stereocenters. The van der Waals surface area contributed by atoms with Crippen molar-refractivity contribution in [2.45, 2.75) is 26.7 Å². The van der Waals surface area contributed by atoms with Gasteiger partial charge in [-0.3, -0.25) is 10.2 Å². The molecule has 0 saturated carbocycles. The highest BCUT2D eigenvalue weighted by Gasteiger charge is 2.16. The third kappa shape index (κ3) is 9.62. The number of urea groups is 1. The van der Waals surface area contributed by atoms with E-state index < -0.39 is 5.97 Å². The average molecular weight is 245 g/mol. The van der Waals surface area contributed by atoms with Gasteiger partial charge in [0.1, 0.15) is 0 Å². The summed E-state index contributed by atoms with van der Waals surface area (Å²) in [6.45, 7) is 4.45. The Morgan fingerprint density at radius 3 is 2.29 bits per heavy atom. The number of hydrogen-bond donors (Lipinski definition) is 3. The minimum absolute atomic E-state index is 0.0274. The van der Waals surface area contributed by atoms with Crippen LogP contribution in [0.4, 0.5) is 4.79 Å². The molecule has 0 spiro atoms. The number of rotatable bonds is 7. The predicted molar refractivity (Wildman–Crippen MR) is 65.4 cm³/mol. The Morgan fingerprint density at radius 2 is 1.88 bits per heavy atom. The number of amides is 2. The number of hydrazine groups is 1. The van der Waals surface area contributed by atoms with Crippen LogP contribution in [0, 0.1) is 11.8 Å². The molecule has 17 heavy (non-hydrogen) atoms. The summed E-state index contributed by atoms with van der Waals surface area (Å²) in [5, 5.41) is 13.0. The summed E-state index contributed by atoms with van der Waals surface area (Å²) < 4.78 is 0. The molecule has 3 N–H and O–H groups in total. The number of nitrogens with zero attached hydrogens (tertiary/aromatic N) is 1. The van der Waals surface area contributed by atoms with Crippen molar-refractivity contribution in [3.8, 4) is 0 Å². The summed E-state index contributed by atoms with van der Waals surface area (Å²) in [7, 11) is 3.42. The molecule has 0 aromatic heterocycles. The van der Waals surface area contributed by atoms with Gasteiger partial charge < -0.3 is 10.4 Å². The normalized spacial score (nSPS) is 12.6. The van der Waals surface area contributed by atoms with Crippen molar-refractivity contribution in [1.82, 2.24) is 15.8 Å². The molecular formula is C11H23N3O3. The van der Waals surface area contributed by atoms with Gasteiger partial charge in [-0.25, -0.2) is 9.80 Å². The van der Waals surface area contributed by atoms with Gasteiger partial charge in [-0.15, -0.1) is 0 Å². The van der Waals surface area contributed by atoms with Gasteiger partial charge in [-0.05, 0) is 18.3 Å². The van der Waals surface area contributed by atoms with E-state index in [-0.39, 0.29) is 18.4 Å². The Labute approximate surface area is 102 Å². The van der Waals surface area contributed by atoms with Crippen LogP contribution in [0.5, 0.6) is 0 Å². The van der Waals surface area contributed by atoms with Gasteiger partial charge in [0.2, 0.25) is 0 Å². The fraction of sp³-hybridized carbons (Fsp3) is 0.818. The van der Waals surface area contributed by atoms with Crippen LogP contribution in [0.15, 0.2) is 0 Å². The van der Waals surface area contributed by atoms with Gasteiger partial charge in [0.25, 0.3) is 0 Å². The maximum atomic E-state index is 11.3. The van der Waals surface area contributed by atoms with E-state index in [0.717, 1.165) is 6.42 Å². The number of carboxylic acid groups (broad SMARTS) is 1. The molecule has 1 atom stereocenters. The zero-order valence-corrected chi connectivity index (χ0v) is 11.0. The Balaban J connectivity index is 4.06. The molecule has 0 aromatic carbocycles. The first-order valence-electron chi connectivity index (χ1n) is 5.74. The van der Waals surface area contributed by atoms with Gasteiger partial charge in [0, 0.05) is 27.1 Å². The van der Waals surface area contributed by atoms with E-state index in [2.05, 4.69) is 10.7 Å². The summed E-state index contributed by atoms with van der Waals surface area (Å²) in [4.78, 5) is 22.0. The molecule has 100 valence electrons. The van der Waals surface area contributed by atoms with Crippen molar-refractivity contribution in [2.24, 2.45) is 11.8 Å². The molecule has 0 fully saturated rings. The second-order valence-corrected chi connectivity index (χ2v) is 4.81. The molecule has 0 radical (unpaired) electrons. The lowest BCUT2D eigenvalue weighted by Gasteiger charge is -2.19. The second-order valence-electron chi connectivity index (χ2n) is 4.81. The van der Waals surface area contributed by atoms with Crippen LogP contribution in [-0.4, -0.2) is 42.8 Å². The number of nitrogens with one attached hydrogen (secondary N) is 2. The first kappa shape index (κ1) is 15.7. The summed E-state index contributed by atoms with van der Waals surface area (Å²) in [5.74, 6) is -0.441. The topological polar surface area (TPSA) is 81.7 Å². The lowest BCUT2D eigenvalue weighted by Crippen LogP contribution is -2.45. The SMILES string of the molecule is CC(C)CC(CNC(=O)NN(C)C)CC(=O)O. The molecule has 0 rings (SSSR count). The molecule has 0 saturated heterocycles. The maximum Gasteiger partial charge on any atom is 0.329 e. The first-order valence-corrected chi connectivity index (χ1v) is 5.74. The molecule has 0 aliphatic rings. The van der Waals surface area contributed by atoms with Crippen molar-refractivity contribution < 1.29 is 14.7 Å². The van der Waals surface area contributed by atoms with Crippen molar-refractivity contribution in [3.05, 3.63) is 0 Å². The van der Waals surface area contributed by atoms with E-state index in [4.69, 9.17) is 5.11 Å². The van der Waals surface area contributed by atoms with Crippen molar-refractivity contribution >= 4 is 12.0 Å². The molecule has 0 bridgehead atoms. The zero-order chi connectivity index (χ0) is 13.4. The van der Waals surface area contributed by atoms with Crippen LogP contribution in [0.1, 0.15) is 26.7 Å². The molecule has 0 aromatic rings.